The number of epoxide rings is 1. The molecular formula is C16H30O. The summed E-state index contributed by atoms with van der Waals surface area (Å²) in [5, 5.41) is 0. The Bertz CT molecular complexity index is 339. The van der Waals surface area contributed by atoms with Gasteiger partial charge in [-0.1, -0.05) is 55.4 Å². The molecule has 0 N–H and O–H groups in total. The molecule has 1 heterocycles. The average Bonchev–Trinajstić information content (AvgIpc) is 2.71. The maximum Gasteiger partial charge on any atom is 0.101 e. The predicted octanol–water partition coefficient (Wildman–Crippen LogP) is 4.65. The molecule has 2 unspecified atom stereocenters. The first kappa shape index (κ1) is 13.4. The van der Waals surface area contributed by atoms with Crippen molar-refractivity contribution in [3.63, 3.8) is 0 Å². The summed E-state index contributed by atoms with van der Waals surface area (Å²) in [5.41, 5.74) is 0.815. The predicted molar refractivity (Wildman–Crippen MR) is 73.0 cm³/mol. The Morgan fingerprint density at radius 2 is 0.647 bits per heavy atom. The van der Waals surface area contributed by atoms with E-state index in [2.05, 4.69) is 69.2 Å². The van der Waals surface area contributed by atoms with Gasteiger partial charge in [-0.05, 0) is 24.7 Å². The van der Waals surface area contributed by atoms with E-state index >= 15 is 0 Å². The van der Waals surface area contributed by atoms with Gasteiger partial charge < -0.3 is 4.74 Å². The quantitative estimate of drug-likeness (QED) is 0.559. The fourth-order valence-electron chi connectivity index (χ4n) is 4.59. The van der Waals surface area contributed by atoms with Gasteiger partial charge in [0.05, 0.1) is 0 Å². The second-order valence-corrected chi connectivity index (χ2v) is 8.67. The molecule has 2 fully saturated rings. The van der Waals surface area contributed by atoms with Crippen LogP contribution in [0.25, 0.3) is 0 Å². The van der Waals surface area contributed by atoms with Crippen LogP contribution in [0.3, 0.4) is 0 Å². The summed E-state index contributed by atoms with van der Waals surface area (Å²) in [7, 11) is 0. The van der Waals surface area contributed by atoms with Gasteiger partial charge >= 0.3 is 0 Å². The molecule has 2 atom stereocenters. The van der Waals surface area contributed by atoms with Crippen molar-refractivity contribution >= 4 is 0 Å². The third-order valence-corrected chi connectivity index (χ3v) is 8.35. The largest absolute Gasteiger partial charge is 0.362 e. The summed E-state index contributed by atoms with van der Waals surface area (Å²) in [4.78, 5) is 0. The maximum absolute atomic E-state index is 6.35. The molecule has 0 aromatic carbocycles. The van der Waals surface area contributed by atoms with Crippen LogP contribution in [-0.4, -0.2) is 11.2 Å². The van der Waals surface area contributed by atoms with Crippen molar-refractivity contribution in [1.82, 2.24) is 0 Å². The van der Waals surface area contributed by atoms with Crippen LogP contribution in [0.15, 0.2) is 0 Å². The summed E-state index contributed by atoms with van der Waals surface area (Å²) in [6.45, 7) is 23.8. The smallest absolute Gasteiger partial charge is 0.101 e. The summed E-state index contributed by atoms with van der Waals surface area (Å²) >= 11 is 0. The Hall–Kier alpha value is -0.0400. The minimum atomic E-state index is 0.00250. The number of fused-ring (bicyclic) bond motifs is 1. The molecule has 17 heavy (non-hydrogen) atoms. The number of hydrogen-bond donors (Lipinski definition) is 0. The first-order chi connectivity index (χ1) is 7.21. The van der Waals surface area contributed by atoms with Gasteiger partial charge in [0.15, 0.2) is 0 Å². The molecule has 1 saturated heterocycles. The second kappa shape index (κ2) is 2.61. The molecule has 1 heteroatoms. The molecule has 0 spiro atoms. The molecule has 1 aliphatic heterocycles. The van der Waals surface area contributed by atoms with Crippen LogP contribution in [0.1, 0.15) is 69.2 Å². The lowest BCUT2D eigenvalue weighted by Crippen LogP contribution is -2.66. The molecule has 1 aliphatic carbocycles. The van der Waals surface area contributed by atoms with Gasteiger partial charge in [0, 0.05) is 10.8 Å². The van der Waals surface area contributed by atoms with Crippen LogP contribution < -0.4 is 0 Å². The van der Waals surface area contributed by atoms with Gasteiger partial charge in [-0.25, -0.2) is 0 Å². The second-order valence-electron chi connectivity index (χ2n) is 8.67. The lowest BCUT2D eigenvalue weighted by atomic mass is 9.36. The van der Waals surface area contributed by atoms with Crippen molar-refractivity contribution in [3.05, 3.63) is 0 Å². The van der Waals surface area contributed by atoms with Crippen molar-refractivity contribution in [3.8, 4) is 0 Å². The van der Waals surface area contributed by atoms with Crippen LogP contribution in [0, 0.1) is 21.7 Å². The van der Waals surface area contributed by atoms with Crippen molar-refractivity contribution < 1.29 is 4.74 Å². The highest BCUT2D eigenvalue weighted by molar-refractivity contribution is 5.33. The zero-order valence-electron chi connectivity index (χ0n) is 13.4. The zero-order chi connectivity index (χ0) is 13.7. The fourth-order valence-corrected chi connectivity index (χ4v) is 4.59. The van der Waals surface area contributed by atoms with Crippen molar-refractivity contribution in [2.24, 2.45) is 21.7 Å². The Labute approximate surface area is 107 Å². The molecular weight excluding hydrogens is 208 g/mol. The highest BCUT2D eigenvalue weighted by Crippen LogP contribution is 2.81. The molecule has 2 aliphatic rings. The monoisotopic (exact) mass is 238 g/mol. The number of rotatable bonds is 0. The Kier molecular flexibility index (Phi) is 2.06. The van der Waals surface area contributed by atoms with Crippen molar-refractivity contribution in [2.45, 2.75) is 80.4 Å². The lowest BCUT2D eigenvalue weighted by molar-refractivity contribution is -0.160. The third kappa shape index (κ3) is 0.926. The van der Waals surface area contributed by atoms with Crippen LogP contribution in [0.4, 0.5) is 0 Å². The van der Waals surface area contributed by atoms with Gasteiger partial charge in [0.25, 0.3) is 0 Å². The number of hydrogen-bond acceptors (Lipinski definition) is 1. The molecule has 0 aromatic heterocycles. The van der Waals surface area contributed by atoms with E-state index in [0.717, 1.165) is 0 Å². The van der Waals surface area contributed by atoms with E-state index < -0.39 is 0 Å². The fraction of sp³-hybridized carbons (Fsp3) is 1.00. The molecule has 0 amide bonds. The topological polar surface area (TPSA) is 12.5 Å². The van der Waals surface area contributed by atoms with E-state index in [4.69, 9.17) is 4.74 Å². The SMILES string of the molecule is CC1(C)C(C)(C)C(C)(C)C2(C)OC2(C)C1(C)C. The van der Waals surface area contributed by atoms with Gasteiger partial charge in [-0.2, -0.15) is 0 Å². The average molecular weight is 238 g/mol. The van der Waals surface area contributed by atoms with Crippen LogP contribution >= 0.6 is 0 Å². The first-order valence-electron chi connectivity index (χ1n) is 6.91. The Morgan fingerprint density at radius 1 is 0.412 bits per heavy atom. The van der Waals surface area contributed by atoms with E-state index in [1.54, 1.807) is 0 Å². The van der Waals surface area contributed by atoms with E-state index in [1.807, 2.05) is 0 Å². The lowest BCUT2D eigenvalue weighted by Gasteiger charge is -2.65. The standard InChI is InChI=1S/C16H30O/c1-11(2)12(3,4)14(7,8)16(10)15(9,17-16)13(11,5)6/h1-10H3. The highest BCUT2D eigenvalue weighted by atomic mass is 16.6. The molecule has 2 rings (SSSR count). The molecule has 0 bridgehead atoms. The summed E-state index contributed by atoms with van der Waals surface area (Å²) in [5.74, 6) is 0. The summed E-state index contributed by atoms with van der Waals surface area (Å²) in [6.07, 6.45) is 0. The molecule has 0 aromatic rings. The van der Waals surface area contributed by atoms with Crippen LogP contribution in [-0.2, 0) is 4.74 Å². The van der Waals surface area contributed by atoms with Gasteiger partial charge in [-0.15, -0.1) is 0 Å². The Morgan fingerprint density at radius 3 is 0.882 bits per heavy atom. The Balaban J connectivity index is 2.71. The van der Waals surface area contributed by atoms with E-state index in [-0.39, 0.29) is 32.9 Å². The molecule has 0 radical (unpaired) electrons. The van der Waals surface area contributed by atoms with Gasteiger partial charge in [-0.3, -0.25) is 0 Å². The summed E-state index contributed by atoms with van der Waals surface area (Å²) < 4.78 is 6.35. The van der Waals surface area contributed by atoms with Crippen LogP contribution in [0.5, 0.6) is 0 Å². The summed E-state index contributed by atoms with van der Waals surface area (Å²) in [6, 6.07) is 0. The van der Waals surface area contributed by atoms with E-state index in [0.29, 0.717) is 0 Å². The van der Waals surface area contributed by atoms with Crippen molar-refractivity contribution in [2.75, 3.05) is 0 Å². The zero-order valence-corrected chi connectivity index (χ0v) is 13.4. The van der Waals surface area contributed by atoms with E-state index in [9.17, 15) is 0 Å². The molecule has 1 nitrogen and oxygen atoms in total. The highest BCUT2D eigenvalue weighted by Gasteiger charge is 2.85. The molecule has 1 saturated carbocycles. The van der Waals surface area contributed by atoms with Crippen LogP contribution in [0.2, 0.25) is 0 Å². The number of ether oxygens (including phenoxy) is 1. The van der Waals surface area contributed by atoms with Gasteiger partial charge in [0.1, 0.15) is 11.2 Å². The first-order valence-corrected chi connectivity index (χ1v) is 6.91. The van der Waals surface area contributed by atoms with Crippen molar-refractivity contribution in [1.29, 1.82) is 0 Å². The molecule has 100 valence electrons. The normalized spacial score (nSPS) is 48.4. The minimum absolute atomic E-state index is 0.00250. The van der Waals surface area contributed by atoms with Gasteiger partial charge in [0.2, 0.25) is 0 Å². The van der Waals surface area contributed by atoms with E-state index in [1.165, 1.54) is 0 Å². The maximum atomic E-state index is 6.35. The third-order valence-electron chi connectivity index (χ3n) is 8.35. The minimum Gasteiger partial charge on any atom is -0.362 e.